The third-order valence-corrected chi connectivity index (χ3v) is 7.18. The molecule has 9 heteroatoms. The van der Waals surface area contributed by atoms with Gasteiger partial charge in [0.15, 0.2) is 15.0 Å². The van der Waals surface area contributed by atoms with Crippen LogP contribution in [0.2, 0.25) is 0 Å². The number of aromatic nitrogens is 2. The molecular weight excluding hydrogens is 386 g/mol. The highest BCUT2D eigenvalue weighted by atomic mass is 32.2. The minimum absolute atomic E-state index is 0.00868. The number of thioether (sulfide) groups is 1. The monoisotopic (exact) mass is 405 g/mol. The van der Waals surface area contributed by atoms with Crippen LogP contribution in [0.1, 0.15) is 12.2 Å². The summed E-state index contributed by atoms with van der Waals surface area (Å²) < 4.78 is 29.1. The summed E-state index contributed by atoms with van der Waals surface area (Å²) in [5, 5.41) is 0.668. The lowest BCUT2D eigenvalue weighted by molar-refractivity contribution is -0.131. The number of rotatable bonds is 6. The number of carbonyl (C=O) groups excluding carboxylic acids is 1. The highest BCUT2D eigenvalue weighted by Gasteiger charge is 2.35. The van der Waals surface area contributed by atoms with Crippen LogP contribution in [0.4, 0.5) is 0 Å². The van der Waals surface area contributed by atoms with Crippen molar-refractivity contribution in [2.24, 2.45) is 0 Å². The number of H-pyrrole nitrogens is 1. The van der Waals surface area contributed by atoms with Crippen LogP contribution in [-0.4, -0.2) is 52.5 Å². The Kier molecular flexibility index (Phi) is 4.96. The second-order valence-corrected chi connectivity index (χ2v) is 9.70. The molecule has 1 aliphatic heterocycles. The van der Waals surface area contributed by atoms with Crippen LogP contribution in [0.5, 0.6) is 0 Å². The Morgan fingerprint density at radius 2 is 2.15 bits per heavy atom. The standard InChI is InChI=1S/C18H19N3O4S2/c22-17(11-26-18-19-15-5-1-2-6-16(15)20-18)21(10-14-4-3-8-25-14)13-7-9-27(23,24)12-13/h1-6,8,13H,7,9-12H2,(H,19,20)/t13-/m0/s1. The lowest BCUT2D eigenvalue weighted by Crippen LogP contribution is -2.41. The van der Waals surface area contributed by atoms with Crippen LogP contribution in [0.15, 0.2) is 52.2 Å². The van der Waals surface area contributed by atoms with Crippen LogP contribution in [0.25, 0.3) is 11.0 Å². The van der Waals surface area contributed by atoms with Crippen molar-refractivity contribution in [2.45, 2.75) is 24.2 Å². The van der Waals surface area contributed by atoms with Crippen molar-refractivity contribution < 1.29 is 17.6 Å². The number of hydrogen-bond donors (Lipinski definition) is 1. The lowest BCUT2D eigenvalue weighted by atomic mass is 10.2. The highest BCUT2D eigenvalue weighted by molar-refractivity contribution is 7.99. The van der Waals surface area contributed by atoms with Gasteiger partial charge in [0.05, 0.1) is 41.1 Å². The van der Waals surface area contributed by atoms with Gasteiger partial charge in [-0.05, 0) is 30.7 Å². The van der Waals surface area contributed by atoms with E-state index in [9.17, 15) is 13.2 Å². The summed E-state index contributed by atoms with van der Waals surface area (Å²) in [7, 11) is -3.09. The molecule has 7 nitrogen and oxygen atoms in total. The highest BCUT2D eigenvalue weighted by Crippen LogP contribution is 2.24. The van der Waals surface area contributed by atoms with Crippen LogP contribution in [0, 0.1) is 0 Å². The molecule has 1 fully saturated rings. The van der Waals surface area contributed by atoms with Crippen molar-refractivity contribution in [1.82, 2.24) is 14.9 Å². The fraction of sp³-hybridized carbons (Fsp3) is 0.333. The number of furan rings is 1. The predicted molar refractivity (Wildman–Crippen MR) is 103 cm³/mol. The maximum Gasteiger partial charge on any atom is 0.233 e. The topological polar surface area (TPSA) is 96.3 Å². The van der Waals surface area contributed by atoms with Crippen molar-refractivity contribution in [3.05, 3.63) is 48.4 Å². The number of nitrogens with one attached hydrogen (secondary N) is 1. The van der Waals surface area contributed by atoms with Gasteiger partial charge in [0.2, 0.25) is 5.91 Å². The first-order chi connectivity index (χ1) is 13.0. The molecule has 4 rings (SSSR count). The molecule has 0 saturated carbocycles. The minimum Gasteiger partial charge on any atom is -0.467 e. The number of para-hydroxylation sites is 2. The molecule has 0 radical (unpaired) electrons. The van der Waals surface area contributed by atoms with Gasteiger partial charge in [-0.15, -0.1) is 0 Å². The van der Waals surface area contributed by atoms with E-state index in [0.29, 0.717) is 17.3 Å². The fourth-order valence-electron chi connectivity index (χ4n) is 3.22. The summed E-state index contributed by atoms with van der Waals surface area (Å²) in [6, 6.07) is 10.9. The van der Waals surface area contributed by atoms with Gasteiger partial charge in [-0.2, -0.15) is 0 Å². The molecule has 1 atom stereocenters. The molecule has 1 N–H and O–H groups in total. The molecule has 1 aromatic carbocycles. The molecule has 1 aliphatic rings. The van der Waals surface area contributed by atoms with Gasteiger partial charge in [0.25, 0.3) is 0 Å². The third kappa shape index (κ3) is 4.19. The number of nitrogens with zero attached hydrogens (tertiary/aromatic N) is 2. The summed E-state index contributed by atoms with van der Waals surface area (Å²) in [6.45, 7) is 0.271. The van der Waals surface area contributed by atoms with Gasteiger partial charge in [0, 0.05) is 6.04 Å². The zero-order valence-corrected chi connectivity index (χ0v) is 16.1. The zero-order valence-electron chi connectivity index (χ0n) is 14.5. The maximum atomic E-state index is 12.9. The smallest absolute Gasteiger partial charge is 0.233 e. The van der Waals surface area contributed by atoms with E-state index in [4.69, 9.17) is 4.42 Å². The average Bonchev–Trinajstić information content (AvgIpc) is 3.36. The number of amides is 1. The molecular formula is C18H19N3O4S2. The van der Waals surface area contributed by atoms with E-state index in [0.717, 1.165) is 11.0 Å². The third-order valence-electron chi connectivity index (χ3n) is 4.58. The number of hydrogen-bond acceptors (Lipinski definition) is 6. The Hall–Kier alpha value is -2.26. The zero-order chi connectivity index (χ0) is 18.9. The number of aromatic amines is 1. The lowest BCUT2D eigenvalue weighted by Gasteiger charge is -2.27. The van der Waals surface area contributed by atoms with E-state index >= 15 is 0 Å². The van der Waals surface area contributed by atoms with E-state index < -0.39 is 9.84 Å². The maximum absolute atomic E-state index is 12.9. The molecule has 0 spiro atoms. The van der Waals surface area contributed by atoms with E-state index in [2.05, 4.69) is 9.97 Å². The number of carbonyl (C=O) groups is 1. The van der Waals surface area contributed by atoms with Crippen molar-refractivity contribution in [3.63, 3.8) is 0 Å². The van der Waals surface area contributed by atoms with E-state index in [1.807, 2.05) is 24.3 Å². The molecule has 1 saturated heterocycles. The van der Waals surface area contributed by atoms with Crippen molar-refractivity contribution in [2.75, 3.05) is 17.3 Å². The number of benzene rings is 1. The molecule has 142 valence electrons. The van der Waals surface area contributed by atoms with Crippen LogP contribution >= 0.6 is 11.8 Å². The molecule has 3 heterocycles. The fourth-order valence-corrected chi connectivity index (χ4v) is 5.73. The Morgan fingerprint density at radius 1 is 1.30 bits per heavy atom. The van der Waals surface area contributed by atoms with Gasteiger partial charge in [-0.1, -0.05) is 23.9 Å². The first kappa shape index (κ1) is 18.1. The van der Waals surface area contributed by atoms with Crippen molar-refractivity contribution >= 4 is 38.5 Å². The van der Waals surface area contributed by atoms with Gasteiger partial charge in [-0.25, -0.2) is 13.4 Å². The summed E-state index contributed by atoms with van der Waals surface area (Å²) in [6.07, 6.45) is 2.01. The Bertz CT molecular complexity index is 1010. The molecule has 0 bridgehead atoms. The van der Waals surface area contributed by atoms with Crippen LogP contribution in [-0.2, 0) is 21.2 Å². The largest absolute Gasteiger partial charge is 0.467 e. The van der Waals surface area contributed by atoms with Gasteiger partial charge < -0.3 is 14.3 Å². The normalized spacial score (nSPS) is 18.7. The average molecular weight is 406 g/mol. The van der Waals surface area contributed by atoms with Gasteiger partial charge in [-0.3, -0.25) is 4.79 Å². The minimum atomic E-state index is -3.09. The van der Waals surface area contributed by atoms with E-state index in [1.165, 1.54) is 11.8 Å². The molecule has 0 aliphatic carbocycles. The van der Waals surface area contributed by atoms with E-state index in [-0.39, 0.29) is 35.8 Å². The second kappa shape index (κ2) is 7.40. The Morgan fingerprint density at radius 3 is 2.85 bits per heavy atom. The first-order valence-electron chi connectivity index (χ1n) is 8.60. The van der Waals surface area contributed by atoms with Crippen molar-refractivity contribution in [1.29, 1.82) is 0 Å². The van der Waals surface area contributed by atoms with E-state index in [1.54, 1.807) is 23.3 Å². The summed E-state index contributed by atoms with van der Waals surface area (Å²) in [4.78, 5) is 22.2. The molecule has 3 aromatic rings. The van der Waals surface area contributed by atoms with Gasteiger partial charge in [0.1, 0.15) is 5.76 Å². The van der Waals surface area contributed by atoms with Gasteiger partial charge >= 0.3 is 0 Å². The summed E-state index contributed by atoms with van der Waals surface area (Å²) in [5.41, 5.74) is 1.77. The quantitative estimate of drug-likeness (QED) is 0.633. The predicted octanol–water partition coefficient (Wildman–Crippen LogP) is 2.46. The molecule has 1 amide bonds. The Balaban J connectivity index is 1.47. The number of imidazole rings is 1. The van der Waals surface area contributed by atoms with Crippen molar-refractivity contribution in [3.8, 4) is 0 Å². The van der Waals surface area contributed by atoms with Crippen LogP contribution in [0.3, 0.4) is 0 Å². The molecule has 2 aromatic heterocycles. The second-order valence-electron chi connectivity index (χ2n) is 6.51. The number of fused-ring (bicyclic) bond motifs is 1. The summed E-state index contributed by atoms with van der Waals surface area (Å²) in [5.74, 6) is 0.822. The number of sulfone groups is 1. The SMILES string of the molecule is O=C(CSc1nc2ccccc2[nH]1)N(Cc1ccco1)[C@H]1CCS(=O)(=O)C1. The Labute approximate surface area is 161 Å². The first-order valence-corrected chi connectivity index (χ1v) is 11.4. The van der Waals surface area contributed by atoms with Crippen LogP contribution < -0.4 is 0 Å². The summed E-state index contributed by atoms with van der Waals surface area (Å²) >= 11 is 1.32. The molecule has 27 heavy (non-hydrogen) atoms. The molecule has 0 unspecified atom stereocenters.